The lowest BCUT2D eigenvalue weighted by Gasteiger charge is -1.92. The number of carbonyl (C=O) groups excluding carboxylic acids is 1. The SMILES string of the molecule is O=C(OO)OS(=O)(=O)O. The molecule has 0 aliphatic carbocycles. The summed E-state index contributed by atoms with van der Waals surface area (Å²) >= 11 is 0. The molecule has 9 heavy (non-hydrogen) atoms. The van der Waals surface area contributed by atoms with E-state index in [9.17, 15) is 13.2 Å². The lowest BCUT2D eigenvalue weighted by Crippen LogP contribution is -2.11. The Morgan fingerprint density at radius 1 is 1.44 bits per heavy atom. The molecule has 0 amide bonds. The fraction of sp³-hybridized carbons (Fsp3) is 0. The van der Waals surface area contributed by atoms with Crippen molar-refractivity contribution in [2.45, 2.75) is 0 Å². The molecule has 0 aliphatic rings. The molecule has 0 atom stereocenters. The number of hydrogen-bond donors (Lipinski definition) is 2. The van der Waals surface area contributed by atoms with Gasteiger partial charge in [0.15, 0.2) is 0 Å². The van der Waals surface area contributed by atoms with E-state index >= 15 is 0 Å². The van der Waals surface area contributed by atoms with Gasteiger partial charge in [-0.3, -0.25) is 13.6 Å². The molecule has 0 aromatic rings. The van der Waals surface area contributed by atoms with Crippen molar-refractivity contribution < 1.29 is 32.1 Å². The molecular weight excluding hydrogens is 156 g/mol. The van der Waals surface area contributed by atoms with Gasteiger partial charge in [-0.15, -0.1) is 0 Å². The van der Waals surface area contributed by atoms with Crippen molar-refractivity contribution in [1.29, 1.82) is 0 Å². The smallest absolute Gasteiger partial charge is 0.288 e. The number of hydrogen-bond acceptors (Lipinski definition) is 6. The van der Waals surface area contributed by atoms with Crippen LogP contribution in [0.3, 0.4) is 0 Å². The van der Waals surface area contributed by atoms with Crippen LogP contribution in [0.2, 0.25) is 0 Å². The minimum absolute atomic E-state index is 1.92. The molecule has 0 heterocycles. The fourth-order valence-corrected chi connectivity index (χ4v) is 0.304. The van der Waals surface area contributed by atoms with Crippen LogP contribution in [0.25, 0.3) is 0 Å². The standard InChI is InChI=1S/CH2O7S/c2-1(7-3)8-9(4,5)6/h3H,(H,4,5,6). The molecule has 0 fully saturated rings. The first-order chi connectivity index (χ1) is 3.95. The van der Waals surface area contributed by atoms with Crippen LogP contribution in [0.15, 0.2) is 0 Å². The van der Waals surface area contributed by atoms with Crippen molar-refractivity contribution in [1.82, 2.24) is 0 Å². The van der Waals surface area contributed by atoms with E-state index in [-0.39, 0.29) is 0 Å². The van der Waals surface area contributed by atoms with Crippen LogP contribution in [0.4, 0.5) is 4.79 Å². The summed E-state index contributed by atoms with van der Waals surface area (Å²) in [5.74, 6) is 0. The molecule has 2 N–H and O–H groups in total. The largest absolute Gasteiger partial charge is 0.558 e. The Bertz CT molecular complexity index is 187. The fourth-order valence-electron chi connectivity index (χ4n) is 0.101. The van der Waals surface area contributed by atoms with E-state index in [2.05, 4.69) is 9.07 Å². The van der Waals surface area contributed by atoms with E-state index < -0.39 is 16.6 Å². The maximum Gasteiger partial charge on any atom is 0.558 e. The number of rotatable bonds is 1. The van der Waals surface area contributed by atoms with Crippen molar-refractivity contribution in [3.63, 3.8) is 0 Å². The minimum Gasteiger partial charge on any atom is -0.288 e. The third-order valence-electron chi connectivity index (χ3n) is 0.248. The quantitative estimate of drug-likeness (QED) is 0.298. The van der Waals surface area contributed by atoms with Crippen LogP contribution < -0.4 is 0 Å². The van der Waals surface area contributed by atoms with Crippen LogP contribution in [-0.4, -0.2) is 24.4 Å². The molecule has 0 saturated heterocycles. The van der Waals surface area contributed by atoms with Gasteiger partial charge in [0.2, 0.25) is 0 Å². The molecule has 0 radical (unpaired) electrons. The molecule has 0 rings (SSSR count). The van der Waals surface area contributed by atoms with Gasteiger partial charge in [0.1, 0.15) is 0 Å². The first-order valence-electron chi connectivity index (χ1n) is 1.48. The molecule has 0 bridgehead atoms. The van der Waals surface area contributed by atoms with Crippen LogP contribution >= 0.6 is 0 Å². The van der Waals surface area contributed by atoms with Crippen molar-refractivity contribution in [3.05, 3.63) is 0 Å². The Morgan fingerprint density at radius 2 is 1.89 bits per heavy atom. The summed E-state index contributed by atoms with van der Waals surface area (Å²) in [5.41, 5.74) is 0. The first-order valence-corrected chi connectivity index (χ1v) is 2.84. The number of carbonyl (C=O) groups is 1. The van der Waals surface area contributed by atoms with E-state index in [1.807, 2.05) is 0 Å². The maximum atomic E-state index is 9.59. The van der Waals surface area contributed by atoms with E-state index in [1.165, 1.54) is 0 Å². The van der Waals surface area contributed by atoms with E-state index in [0.29, 0.717) is 0 Å². The van der Waals surface area contributed by atoms with Crippen LogP contribution in [0, 0.1) is 0 Å². The molecule has 0 aromatic heterocycles. The second-order valence-electron chi connectivity index (χ2n) is 0.852. The zero-order valence-corrected chi connectivity index (χ0v) is 4.66. The molecule has 54 valence electrons. The molecule has 0 aliphatic heterocycles. The van der Waals surface area contributed by atoms with Crippen LogP contribution in [0.5, 0.6) is 0 Å². The van der Waals surface area contributed by atoms with Gasteiger partial charge >= 0.3 is 16.6 Å². The highest BCUT2D eigenvalue weighted by molar-refractivity contribution is 7.81. The summed E-state index contributed by atoms with van der Waals surface area (Å²) in [4.78, 5) is 12.3. The summed E-state index contributed by atoms with van der Waals surface area (Å²) in [6.45, 7) is 0. The Hall–Kier alpha value is -0.860. The van der Waals surface area contributed by atoms with Gasteiger partial charge in [-0.25, -0.2) is 0 Å². The topological polar surface area (TPSA) is 110 Å². The molecular formula is CH2O7S. The highest BCUT2D eigenvalue weighted by Gasteiger charge is 2.13. The van der Waals surface area contributed by atoms with Gasteiger partial charge in [-0.1, -0.05) is 0 Å². The molecule has 8 heteroatoms. The van der Waals surface area contributed by atoms with Crippen molar-refractivity contribution in [3.8, 4) is 0 Å². The predicted octanol–water partition coefficient (Wildman–Crippen LogP) is -0.585. The zero-order valence-electron chi connectivity index (χ0n) is 3.84. The monoisotopic (exact) mass is 158 g/mol. The molecule has 0 aromatic carbocycles. The van der Waals surface area contributed by atoms with Gasteiger partial charge in [0, 0.05) is 0 Å². The molecule has 0 unspecified atom stereocenters. The van der Waals surface area contributed by atoms with Gasteiger partial charge in [0.25, 0.3) is 0 Å². The maximum absolute atomic E-state index is 9.59. The van der Waals surface area contributed by atoms with Crippen molar-refractivity contribution in [2.24, 2.45) is 0 Å². The van der Waals surface area contributed by atoms with Crippen LogP contribution in [0.1, 0.15) is 0 Å². The summed E-state index contributed by atoms with van der Waals surface area (Å²) < 4.78 is 29.7. The molecule has 0 spiro atoms. The minimum atomic E-state index is -4.87. The Labute approximate surface area is 49.7 Å². The second kappa shape index (κ2) is 2.62. The average Bonchev–Trinajstić information content (AvgIpc) is 1.62. The second-order valence-corrected chi connectivity index (χ2v) is 1.87. The van der Waals surface area contributed by atoms with Crippen molar-refractivity contribution >= 4 is 16.6 Å². The first kappa shape index (κ1) is 8.14. The van der Waals surface area contributed by atoms with E-state index in [4.69, 9.17) is 9.81 Å². The Morgan fingerprint density at radius 3 is 2.00 bits per heavy atom. The van der Waals surface area contributed by atoms with Gasteiger partial charge in [0.05, 0.1) is 0 Å². The third-order valence-corrected chi connectivity index (χ3v) is 0.595. The average molecular weight is 158 g/mol. The van der Waals surface area contributed by atoms with Gasteiger partial charge < -0.3 is 0 Å². The van der Waals surface area contributed by atoms with Crippen molar-refractivity contribution in [2.75, 3.05) is 0 Å². The Balaban J connectivity index is 3.91. The summed E-state index contributed by atoms with van der Waals surface area (Å²) in [7, 11) is -4.87. The zero-order chi connectivity index (χ0) is 7.49. The summed E-state index contributed by atoms with van der Waals surface area (Å²) in [6, 6.07) is 0. The Kier molecular flexibility index (Phi) is 2.37. The predicted molar refractivity (Wildman–Crippen MR) is 21.7 cm³/mol. The van der Waals surface area contributed by atoms with E-state index in [1.54, 1.807) is 0 Å². The van der Waals surface area contributed by atoms with Gasteiger partial charge in [-0.2, -0.15) is 18.5 Å². The third kappa shape index (κ3) is 5.00. The van der Waals surface area contributed by atoms with Gasteiger partial charge in [-0.05, 0) is 0 Å². The van der Waals surface area contributed by atoms with E-state index in [0.717, 1.165) is 0 Å². The summed E-state index contributed by atoms with van der Waals surface area (Å²) in [6.07, 6.45) is -1.92. The molecule has 0 saturated carbocycles. The lowest BCUT2D eigenvalue weighted by molar-refractivity contribution is -0.191. The highest BCUT2D eigenvalue weighted by Crippen LogP contribution is 1.88. The highest BCUT2D eigenvalue weighted by atomic mass is 32.3. The van der Waals surface area contributed by atoms with Crippen LogP contribution in [-0.2, 0) is 19.5 Å². The summed E-state index contributed by atoms with van der Waals surface area (Å²) in [5, 5.41) is 7.35. The lowest BCUT2D eigenvalue weighted by atomic mass is 11.4. The molecule has 7 nitrogen and oxygen atoms in total. The normalized spacial score (nSPS) is 10.4.